The quantitative estimate of drug-likeness (QED) is 0.651. The summed E-state index contributed by atoms with van der Waals surface area (Å²) < 4.78 is 0. The lowest BCUT2D eigenvalue weighted by Gasteiger charge is -2.14. The Morgan fingerprint density at radius 3 is 2.36 bits per heavy atom. The van der Waals surface area contributed by atoms with Crippen LogP contribution in [0.4, 0.5) is 0 Å². The molecule has 22 heavy (non-hydrogen) atoms. The molecule has 0 aliphatic heterocycles. The molecule has 1 aromatic rings. The minimum atomic E-state index is -0.989. The van der Waals surface area contributed by atoms with Crippen LogP contribution in [0.3, 0.4) is 0 Å². The molecule has 2 N–H and O–H groups in total. The summed E-state index contributed by atoms with van der Waals surface area (Å²) in [7, 11) is 0. The van der Waals surface area contributed by atoms with Crippen molar-refractivity contribution in [1.82, 2.24) is 5.32 Å². The van der Waals surface area contributed by atoms with Gasteiger partial charge in [-0.2, -0.15) is 0 Å². The highest BCUT2D eigenvalue weighted by molar-refractivity contribution is 5.83. The molecule has 1 aromatic carbocycles. The van der Waals surface area contributed by atoms with Gasteiger partial charge in [0, 0.05) is 12.8 Å². The van der Waals surface area contributed by atoms with Crippen LogP contribution in [0.25, 0.3) is 0 Å². The molecule has 0 spiro atoms. The number of amides is 1. The van der Waals surface area contributed by atoms with Crippen molar-refractivity contribution in [2.24, 2.45) is 5.92 Å². The van der Waals surface area contributed by atoms with Crippen molar-refractivity contribution in [1.29, 1.82) is 0 Å². The first-order valence-electron chi connectivity index (χ1n) is 8.05. The topological polar surface area (TPSA) is 66.4 Å². The lowest BCUT2D eigenvalue weighted by atomic mass is 10.0. The second-order valence-corrected chi connectivity index (χ2v) is 6.14. The van der Waals surface area contributed by atoms with Gasteiger partial charge in [0.25, 0.3) is 0 Å². The molecule has 1 unspecified atom stereocenters. The number of carbonyl (C=O) groups is 2. The van der Waals surface area contributed by atoms with Crippen LogP contribution >= 0.6 is 0 Å². The van der Waals surface area contributed by atoms with E-state index in [-0.39, 0.29) is 5.91 Å². The van der Waals surface area contributed by atoms with Crippen molar-refractivity contribution in [3.8, 4) is 0 Å². The number of nitrogens with one attached hydrogen (secondary N) is 1. The minimum Gasteiger partial charge on any atom is -0.480 e. The fraction of sp³-hybridized carbons (Fsp3) is 0.556. The molecular formula is C18H27NO3. The van der Waals surface area contributed by atoms with Crippen molar-refractivity contribution >= 4 is 11.9 Å². The Morgan fingerprint density at radius 2 is 1.77 bits per heavy atom. The Labute approximate surface area is 132 Å². The van der Waals surface area contributed by atoms with Crippen LogP contribution in [-0.4, -0.2) is 23.0 Å². The first-order chi connectivity index (χ1) is 10.5. The lowest BCUT2D eigenvalue weighted by Crippen LogP contribution is -2.42. The van der Waals surface area contributed by atoms with E-state index in [1.165, 1.54) is 6.42 Å². The van der Waals surface area contributed by atoms with Crippen LogP contribution in [0.15, 0.2) is 30.3 Å². The fourth-order valence-corrected chi connectivity index (χ4v) is 2.33. The number of rotatable bonds is 10. The molecule has 0 saturated heterocycles. The highest BCUT2D eigenvalue weighted by atomic mass is 16.4. The molecule has 0 aliphatic carbocycles. The number of hydrogen-bond acceptors (Lipinski definition) is 2. The molecular weight excluding hydrogens is 278 g/mol. The molecule has 0 saturated carbocycles. The molecule has 0 aliphatic rings. The van der Waals surface area contributed by atoms with Crippen LogP contribution in [-0.2, 0) is 16.0 Å². The predicted octanol–water partition coefficient (Wildman–Crippen LogP) is 3.41. The van der Waals surface area contributed by atoms with Crippen molar-refractivity contribution in [3.05, 3.63) is 35.9 Å². The largest absolute Gasteiger partial charge is 0.480 e. The second kappa shape index (κ2) is 9.98. The summed E-state index contributed by atoms with van der Waals surface area (Å²) in [6.45, 7) is 4.38. The van der Waals surface area contributed by atoms with E-state index in [1.54, 1.807) is 0 Å². The van der Waals surface area contributed by atoms with Crippen molar-refractivity contribution in [3.63, 3.8) is 0 Å². The molecule has 4 heteroatoms. The van der Waals surface area contributed by atoms with E-state index in [0.717, 1.165) is 24.8 Å². The number of benzene rings is 1. The van der Waals surface area contributed by atoms with Crippen LogP contribution in [0.2, 0.25) is 0 Å². The molecule has 1 rings (SSSR count). The van der Waals surface area contributed by atoms with Gasteiger partial charge in [0.15, 0.2) is 0 Å². The molecule has 1 amide bonds. The van der Waals surface area contributed by atoms with Gasteiger partial charge in [0.1, 0.15) is 6.04 Å². The maximum Gasteiger partial charge on any atom is 0.326 e. The number of carboxylic acids is 1. The number of carbonyl (C=O) groups excluding carboxylic acids is 1. The van der Waals surface area contributed by atoms with E-state index < -0.39 is 12.0 Å². The number of unbranched alkanes of at least 4 members (excludes halogenated alkanes) is 2. The van der Waals surface area contributed by atoms with Gasteiger partial charge in [0.05, 0.1) is 0 Å². The third-order valence-corrected chi connectivity index (χ3v) is 3.60. The van der Waals surface area contributed by atoms with E-state index in [2.05, 4.69) is 19.2 Å². The zero-order valence-corrected chi connectivity index (χ0v) is 13.5. The fourth-order valence-electron chi connectivity index (χ4n) is 2.33. The Balaban J connectivity index is 2.33. The zero-order valence-electron chi connectivity index (χ0n) is 13.5. The maximum atomic E-state index is 11.9. The standard InChI is InChI=1S/C18H27NO3/c1-14(2)9-5-3-8-12-17(20)19-16(18(21)22)13-15-10-6-4-7-11-15/h4,6-7,10-11,14,16H,3,5,8-9,12-13H2,1-2H3,(H,19,20)(H,21,22). The van der Waals surface area contributed by atoms with E-state index in [4.69, 9.17) is 0 Å². The Bertz CT molecular complexity index is 457. The molecule has 122 valence electrons. The smallest absolute Gasteiger partial charge is 0.326 e. The van der Waals surface area contributed by atoms with Crippen molar-refractivity contribution < 1.29 is 14.7 Å². The average molecular weight is 305 g/mol. The zero-order chi connectivity index (χ0) is 16.4. The monoisotopic (exact) mass is 305 g/mol. The van der Waals surface area contributed by atoms with E-state index in [1.807, 2.05) is 30.3 Å². The van der Waals surface area contributed by atoms with E-state index in [9.17, 15) is 14.7 Å². The van der Waals surface area contributed by atoms with Gasteiger partial charge in [-0.15, -0.1) is 0 Å². The van der Waals surface area contributed by atoms with Gasteiger partial charge in [-0.1, -0.05) is 63.4 Å². The third-order valence-electron chi connectivity index (χ3n) is 3.60. The number of hydrogen-bond donors (Lipinski definition) is 2. The lowest BCUT2D eigenvalue weighted by molar-refractivity contribution is -0.141. The Hall–Kier alpha value is -1.84. The van der Waals surface area contributed by atoms with Gasteiger partial charge in [-0.05, 0) is 17.9 Å². The van der Waals surface area contributed by atoms with Gasteiger partial charge >= 0.3 is 5.97 Å². The molecule has 4 nitrogen and oxygen atoms in total. The van der Waals surface area contributed by atoms with Crippen LogP contribution in [0.5, 0.6) is 0 Å². The van der Waals surface area contributed by atoms with Crippen molar-refractivity contribution in [2.75, 3.05) is 0 Å². The highest BCUT2D eigenvalue weighted by Crippen LogP contribution is 2.10. The summed E-state index contributed by atoms with van der Waals surface area (Å²) in [4.78, 5) is 23.1. The summed E-state index contributed by atoms with van der Waals surface area (Å²) >= 11 is 0. The van der Waals surface area contributed by atoms with Crippen molar-refractivity contribution in [2.45, 2.75) is 58.4 Å². The summed E-state index contributed by atoms with van der Waals surface area (Å²) in [6.07, 6.45) is 4.84. The van der Waals surface area contributed by atoms with Crippen LogP contribution < -0.4 is 5.32 Å². The predicted molar refractivity (Wildman–Crippen MR) is 87.6 cm³/mol. The molecule has 0 heterocycles. The third kappa shape index (κ3) is 7.81. The highest BCUT2D eigenvalue weighted by Gasteiger charge is 2.19. The average Bonchev–Trinajstić information content (AvgIpc) is 2.47. The number of aliphatic carboxylic acids is 1. The van der Waals surface area contributed by atoms with E-state index in [0.29, 0.717) is 18.8 Å². The van der Waals surface area contributed by atoms with Gasteiger partial charge in [-0.25, -0.2) is 4.79 Å². The molecule has 1 atom stereocenters. The maximum absolute atomic E-state index is 11.9. The van der Waals surface area contributed by atoms with Gasteiger partial charge < -0.3 is 10.4 Å². The molecule has 0 bridgehead atoms. The SMILES string of the molecule is CC(C)CCCCCC(=O)NC(Cc1ccccc1)C(=O)O. The normalized spacial score (nSPS) is 12.1. The minimum absolute atomic E-state index is 0.173. The summed E-state index contributed by atoms with van der Waals surface area (Å²) in [6, 6.07) is 8.50. The summed E-state index contributed by atoms with van der Waals surface area (Å²) in [5.41, 5.74) is 0.909. The summed E-state index contributed by atoms with van der Waals surface area (Å²) in [5.74, 6) is -0.471. The first-order valence-corrected chi connectivity index (χ1v) is 8.05. The number of carboxylic acid groups (broad SMARTS) is 1. The Morgan fingerprint density at radius 1 is 1.09 bits per heavy atom. The second-order valence-electron chi connectivity index (χ2n) is 6.14. The van der Waals surface area contributed by atoms with Crippen LogP contribution in [0.1, 0.15) is 51.5 Å². The van der Waals surface area contributed by atoms with Gasteiger partial charge in [0.2, 0.25) is 5.91 Å². The summed E-state index contributed by atoms with van der Waals surface area (Å²) in [5, 5.41) is 11.9. The Kier molecular flexibility index (Phi) is 8.26. The van der Waals surface area contributed by atoms with Gasteiger partial charge in [-0.3, -0.25) is 4.79 Å². The first kappa shape index (κ1) is 18.2. The van der Waals surface area contributed by atoms with Crippen LogP contribution in [0, 0.1) is 5.92 Å². The molecule has 0 fully saturated rings. The molecule has 0 radical (unpaired) electrons. The van der Waals surface area contributed by atoms with E-state index >= 15 is 0 Å². The molecule has 0 aromatic heterocycles.